The molecule has 3 N–H and O–H groups in total. The summed E-state index contributed by atoms with van der Waals surface area (Å²) in [5.74, 6) is 0.0333. The van der Waals surface area contributed by atoms with E-state index in [1.54, 1.807) is 18.6 Å². The van der Waals surface area contributed by atoms with Crippen LogP contribution in [0, 0.1) is 12.8 Å². The number of nitrogens with zero attached hydrogens (tertiary/aromatic N) is 3. The molecule has 174 valence electrons. The zero-order chi connectivity index (χ0) is 23.7. The highest BCUT2D eigenvalue weighted by Gasteiger charge is 2.28. The molecule has 1 fully saturated rings. The summed E-state index contributed by atoms with van der Waals surface area (Å²) in [6.07, 6.45) is 7.19. The number of carbonyl (C=O) groups excluding carboxylic acids is 1. The Morgan fingerprint density at radius 2 is 2.00 bits per heavy atom. The van der Waals surface area contributed by atoms with Crippen molar-refractivity contribution in [3.05, 3.63) is 66.2 Å². The molecule has 3 heterocycles. The van der Waals surface area contributed by atoms with E-state index < -0.39 is 0 Å². The van der Waals surface area contributed by atoms with E-state index in [0.717, 1.165) is 64.9 Å². The lowest BCUT2D eigenvalue weighted by Gasteiger charge is -2.33. The minimum atomic E-state index is -0.326. The van der Waals surface area contributed by atoms with E-state index in [-0.39, 0.29) is 11.5 Å². The van der Waals surface area contributed by atoms with Crippen LogP contribution in [0.4, 0.5) is 0 Å². The average Bonchev–Trinajstić information content (AvgIpc) is 3.32. The number of imidazole rings is 1. The number of hydrogen-bond donors (Lipinski definition) is 2. The standard InChI is InChI=1S/C27H29N5O2/c1-17-4-3-5-23(32-17)25-24(30-16-31-25)19-6-7-22-21(14-19)20(10-13-29-22)26(33)34-15-18-8-11-27(2,28)12-9-18/h3-7,10,13-14,16,18H,8-9,11-12,15,28H2,1-2H3,(H,30,31). The van der Waals surface area contributed by atoms with E-state index in [2.05, 4.69) is 26.9 Å². The average molecular weight is 456 g/mol. The number of hydrogen-bond acceptors (Lipinski definition) is 6. The van der Waals surface area contributed by atoms with Crippen LogP contribution >= 0.6 is 0 Å². The van der Waals surface area contributed by atoms with Crippen molar-refractivity contribution < 1.29 is 9.53 Å². The van der Waals surface area contributed by atoms with Crippen molar-refractivity contribution in [1.82, 2.24) is 19.9 Å². The highest BCUT2D eigenvalue weighted by molar-refractivity contribution is 6.04. The van der Waals surface area contributed by atoms with E-state index in [0.29, 0.717) is 18.1 Å². The Hall–Kier alpha value is -3.58. The highest BCUT2D eigenvalue weighted by Crippen LogP contribution is 2.32. The largest absolute Gasteiger partial charge is 0.462 e. The second-order valence-corrected chi connectivity index (χ2v) is 9.58. The monoisotopic (exact) mass is 455 g/mol. The van der Waals surface area contributed by atoms with Crippen LogP contribution in [0.5, 0.6) is 0 Å². The molecule has 0 aliphatic heterocycles. The van der Waals surface area contributed by atoms with Crippen molar-refractivity contribution >= 4 is 16.9 Å². The first-order chi connectivity index (χ1) is 16.4. The molecule has 5 rings (SSSR count). The number of nitrogens with two attached hydrogens (primary N) is 1. The van der Waals surface area contributed by atoms with E-state index >= 15 is 0 Å². The quantitative estimate of drug-likeness (QED) is 0.407. The minimum absolute atomic E-state index is 0.0999. The van der Waals surface area contributed by atoms with Gasteiger partial charge in [-0.1, -0.05) is 12.1 Å². The highest BCUT2D eigenvalue weighted by atomic mass is 16.5. The van der Waals surface area contributed by atoms with Gasteiger partial charge in [-0.25, -0.2) is 9.78 Å². The lowest BCUT2D eigenvalue weighted by molar-refractivity contribution is 0.0393. The number of aromatic nitrogens is 4. The molecule has 7 heteroatoms. The number of fused-ring (bicyclic) bond motifs is 1. The molecule has 0 saturated heterocycles. The predicted molar refractivity (Wildman–Crippen MR) is 132 cm³/mol. The number of aromatic amines is 1. The maximum absolute atomic E-state index is 13.0. The molecule has 0 amide bonds. The lowest BCUT2D eigenvalue weighted by atomic mass is 9.79. The summed E-state index contributed by atoms with van der Waals surface area (Å²) in [4.78, 5) is 29.9. The summed E-state index contributed by atoms with van der Waals surface area (Å²) in [7, 11) is 0. The van der Waals surface area contributed by atoms with Crippen molar-refractivity contribution in [2.75, 3.05) is 6.61 Å². The van der Waals surface area contributed by atoms with Gasteiger partial charge in [-0.2, -0.15) is 0 Å². The number of esters is 1. The van der Waals surface area contributed by atoms with Crippen LogP contribution in [0.2, 0.25) is 0 Å². The molecule has 1 saturated carbocycles. The fourth-order valence-electron chi connectivity index (χ4n) is 4.64. The van der Waals surface area contributed by atoms with Crippen LogP contribution in [0.25, 0.3) is 33.5 Å². The van der Waals surface area contributed by atoms with Gasteiger partial charge >= 0.3 is 5.97 Å². The topological polar surface area (TPSA) is 107 Å². The number of rotatable bonds is 5. The van der Waals surface area contributed by atoms with Crippen molar-refractivity contribution in [2.45, 2.75) is 45.1 Å². The van der Waals surface area contributed by atoms with Crippen LogP contribution in [-0.2, 0) is 4.74 Å². The SMILES string of the molecule is Cc1cccc(-c2[nH]cnc2-c2ccc3nccc(C(=O)OCC4CCC(C)(N)CC4)c3c2)n1. The Balaban J connectivity index is 1.41. The molecule has 3 aromatic heterocycles. The normalized spacial score (nSPS) is 20.4. The number of ether oxygens (including phenoxy) is 1. The van der Waals surface area contributed by atoms with Gasteiger partial charge in [0.05, 0.1) is 41.1 Å². The summed E-state index contributed by atoms with van der Waals surface area (Å²) in [5.41, 5.74) is 11.6. The maximum Gasteiger partial charge on any atom is 0.338 e. The third-order valence-electron chi connectivity index (χ3n) is 6.72. The molecule has 1 aromatic carbocycles. The lowest BCUT2D eigenvalue weighted by Crippen LogP contribution is -2.40. The fraction of sp³-hybridized carbons (Fsp3) is 0.333. The molecule has 34 heavy (non-hydrogen) atoms. The van der Waals surface area contributed by atoms with Gasteiger partial charge < -0.3 is 15.5 Å². The van der Waals surface area contributed by atoms with Gasteiger partial charge in [-0.05, 0) is 75.8 Å². The van der Waals surface area contributed by atoms with Gasteiger partial charge in [0.15, 0.2) is 0 Å². The van der Waals surface area contributed by atoms with Crippen molar-refractivity contribution in [1.29, 1.82) is 0 Å². The number of pyridine rings is 2. The Morgan fingerprint density at radius 1 is 1.18 bits per heavy atom. The van der Waals surface area contributed by atoms with Crippen molar-refractivity contribution in [2.24, 2.45) is 11.7 Å². The van der Waals surface area contributed by atoms with Crippen molar-refractivity contribution in [3.63, 3.8) is 0 Å². The van der Waals surface area contributed by atoms with Crippen molar-refractivity contribution in [3.8, 4) is 22.6 Å². The molecule has 0 atom stereocenters. The zero-order valence-corrected chi connectivity index (χ0v) is 19.5. The van der Waals surface area contributed by atoms with Crippen LogP contribution in [0.1, 0.15) is 48.7 Å². The Kier molecular flexibility index (Phi) is 5.87. The second-order valence-electron chi connectivity index (χ2n) is 9.58. The Labute approximate surface area is 198 Å². The third-order valence-corrected chi connectivity index (χ3v) is 6.72. The first-order valence-electron chi connectivity index (χ1n) is 11.7. The minimum Gasteiger partial charge on any atom is -0.462 e. The second kappa shape index (κ2) is 8.99. The van der Waals surface area contributed by atoms with Gasteiger partial charge in [0, 0.05) is 28.4 Å². The molecule has 7 nitrogen and oxygen atoms in total. The molecule has 1 aliphatic rings. The van der Waals surface area contributed by atoms with Crippen LogP contribution < -0.4 is 5.73 Å². The van der Waals surface area contributed by atoms with Crippen LogP contribution in [0.15, 0.2) is 55.0 Å². The van der Waals surface area contributed by atoms with Gasteiger partial charge in [-0.3, -0.25) is 9.97 Å². The Morgan fingerprint density at radius 3 is 2.79 bits per heavy atom. The molecular weight excluding hydrogens is 426 g/mol. The summed E-state index contributed by atoms with van der Waals surface area (Å²) in [6, 6.07) is 13.4. The summed E-state index contributed by atoms with van der Waals surface area (Å²) in [5, 5.41) is 0.745. The number of carbonyl (C=O) groups is 1. The third kappa shape index (κ3) is 4.56. The molecule has 0 unspecified atom stereocenters. The fourth-order valence-corrected chi connectivity index (χ4v) is 4.64. The Bertz CT molecular complexity index is 1330. The summed E-state index contributed by atoms with van der Waals surface area (Å²) in [6.45, 7) is 4.47. The summed E-state index contributed by atoms with van der Waals surface area (Å²) < 4.78 is 5.74. The van der Waals surface area contributed by atoms with E-state index in [4.69, 9.17) is 10.5 Å². The molecule has 4 aromatic rings. The van der Waals surface area contributed by atoms with Gasteiger partial charge in [-0.15, -0.1) is 0 Å². The van der Waals surface area contributed by atoms with E-state index in [9.17, 15) is 4.79 Å². The van der Waals surface area contributed by atoms with Gasteiger partial charge in [0.1, 0.15) is 0 Å². The first-order valence-corrected chi connectivity index (χ1v) is 11.7. The number of nitrogens with one attached hydrogen (secondary N) is 1. The van der Waals surface area contributed by atoms with Gasteiger partial charge in [0.25, 0.3) is 0 Å². The first kappa shape index (κ1) is 22.2. The number of aryl methyl sites for hydroxylation is 1. The molecular formula is C27H29N5O2. The smallest absolute Gasteiger partial charge is 0.338 e. The molecule has 0 bridgehead atoms. The predicted octanol–water partition coefficient (Wildman–Crippen LogP) is 5.06. The zero-order valence-electron chi connectivity index (χ0n) is 19.5. The number of benzene rings is 1. The van der Waals surface area contributed by atoms with E-state index in [1.165, 1.54) is 0 Å². The summed E-state index contributed by atoms with van der Waals surface area (Å²) >= 11 is 0. The molecule has 0 spiro atoms. The maximum atomic E-state index is 13.0. The van der Waals surface area contributed by atoms with Gasteiger partial charge in [0.2, 0.25) is 0 Å². The van der Waals surface area contributed by atoms with Crippen LogP contribution in [-0.4, -0.2) is 38.1 Å². The van der Waals surface area contributed by atoms with E-state index in [1.807, 2.05) is 43.3 Å². The number of H-pyrrole nitrogens is 1. The molecule has 0 radical (unpaired) electrons. The van der Waals surface area contributed by atoms with Crippen LogP contribution in [0.3, 0.4) is 0 Å². The molecule has 1 aliphatic carbocycles.